The zero-order chi connectivity index (χ0) is 8.97. The van der Waals surface area contributed by atoms with E-state index in [2.05, 4.69) is 5.32 Å². The normalized spacial score (nSPS) is 9.83. The molecule has 0 bridgehead atoms. The molecule has 0 radical (unpaired) electrons. The number of nitrogens with one attached hydrogen (secondary N) is 1. The predicted molar refractivity (Wildman–Crippen MR) is 47.4 cm³/mol. The molecule has 0 aromatic carbocycles. The average molecular weight is 187 g/mol. The van der Waals surface area contributed by atoms with Crippen molar-refractivity contribution in [3.05, 3.63) is 21.9 Å². The second-order valence-electron chi connectivity index (χ2n) is 2.39. The van der Waals surface area contributed by atoms with Gasteiger partial charge in [-0.05, 0) is 13.0 Å². The Balaban J connectivity index is 2.53. The number of carbonyl (C=O) groups excluding carboxylic acids is 1. The minimum Gasteiger partial charge on any atom is -0.349 e. The first kappa shape index (κ1) is 9.19. The van der Waals surface area contributed by atoms with Crippen molar-refractivity contribution in [1.82, 2.24) is 5.32 Å². The Morgan fingerprint density at radius 2 is 2.50 bits per heavy atom. The van der Waals surface area contributed by atoms with Crippen LogP contribution in [-0.2, 0) is 0 Å². The van der Waals surface area contributed by atoms with Crippen LogP contribution in [0.1, 0.15) is 15.2 Å². The third-order valence-electron chi connectivity index (χ3n) is 1.37. The average Bonchev–Trinajstić information content (AvgIpc) is 2.47. The summed E-state index contributed by atoms with van der Waals surface area (Å²) in [7, 11) is 0. The Morgan fingerprint density at radius 3 is 3.00 bits per heavy atom. The van der Waals surface area contributed by atoms with Gasteiger partial charge in [-0.1, -0.05) is 0 Å². The highest BCUT2D eigenvalue weighted by atomic mass is 32.1. The van der Waals surface area contributed by atoms with Crippen LogP contribution in [0.2, 0.25) is 0 Å². The maximum atomic E-state index is 11.7. The van der Waals surface area contributed by atoms with E-state index in [0.29, 0.717) is 5.56 Å². The van der Waals surface area contributed by atoms with Crippen LogP contribution in [0.15, 0.2) is 11.4 Å². The molecular weight excluding hydrogens is 177 g/mol. The van der Waals surface area contributed by atoms with Gasteiger partial charge in [0.2, 0.25) is 0 Å². The van der Waals surface area contributed by atoms with E-state index in [0.717, 1.165) is 4.88 Å². The summed E-state index contributed by atoms with van der Waals surface area (Å²) in [4.78, 5) is 12.2. The van der Waals surface area contributed by atoms with E-state index in [-0.39, 0.29) is 12.5 Å². The second-order valence-corrected chi connectivity index (χ2v) is 3.51. The summed E-state index contributed by atoms with van der Waals surface area (Å²) in [6, 6.07) is 1.79. The quantitative estimate of drug-likeness (QED) is 0.767. The molecule has 1 aromatic heterocycles. The van der Waals surface area contributed by atoms with Gasteiger partial charge >= 0.3 is 0 Å². The molecule has 1 heterocycles. The van der Waals surface area contributed by atoms with E-state index in [9.17, 15) is 9.18 Å². The molecule has 0 saturated carbocycles. The predicted octanol–water partition coefficient (Wildman–Crippen LogP) is 1.76. The van der Waals surface area contributed by atoms with E-state index < -0.39 is 6.67 Å². The van der Waals surface area contributed by atoms with Crippen molar-refractivity contribution in [3.8, 4) is 0 Å². The molecule has 12 heavy (non-hydrogen) atoms. The van der Waals surface area contributed by atoms with Crippen molar-refractivity contribution < 1.29 is 9.18 Å². The summed E-state index contributed by atoms with van der Waals surface area (Å²) < 4.78 is 11.7. The Bertz CT molecular complexity index is 272. The molecule has 0 aliphatic heterocycles. The number of hydrogen-bond acceptors (Lipinski definition) is 2. The summed E-state index contributed by atoms with van der Waals surface area (Å²) >= 11 is 1.51. The standard InChI is InChI=1S/C8H10FNOS/c1-6-4-7(5-12-6)8(11)10-3-2-9/h4-5H,2-3H2,1H3,(H,10,11). The zero-order valence-corrected chi connectivity index (χ0v) is 7.58. The molecule has 1 rings (SSSR count). The molecule has 0 aliphatic rings. The monoisotopic (exact) mass is 187 g/mol. The van der Waals surface area contributed by atoms with Gasteiger partial charge in [-0.25, -0.2) is 4.39 Å². The number of alkyl halides is 1. The molecule has 0 fully saturated rings. The van der Waals surface area contributed by atoms with Crippen LogP contribution in [0, 0.1) is 6.92 Å². The number of rotatable bonds is 3. The topological polar surface area (TPSA) is 29.1 Å². The molecule has 1 amide bonds. The fourth-order valence-electron chi connectivity index (χ4n) is 0.825. The van der Waals surface area contributed by atoms with Gasteiger partial charge in [0.05, 0.1) is 5.56 Å². The third kappa shape index (κ3) is 2.30. The maximum Gasteiger partial charge on any atom is 0.252 e. The van der Waals surface area contributed by atoms with E-state index in [1.54, 1.807) is 11.4 Å². The summed E-state index contributed by atoms with van der Waals surface area (Å²) in [5, 5.41) is 4.22. The summed E-state index contributed by atoms with van der Waals surface area (Å²) in [6.07, 6.45) is 0. The van der Waals surface area contributed by atoms with Crippen LogP contribution in [0.3, 0.4) is 0 Å². The molecule has 0 spiro atoms. The lowest BCUT2D eigenvalue weighted by molar-refractivity contribution is 0.0951. The second kappa shape index (κ2) is 4.21. The van der Waals surface area contributed by atoms with Crippen molar-refractivity contribution in [1.29, 1.82) is 0 Å². The van der Waals surface area contributed by atoms with Gasteiger partial charge in [0, 0.05) is 16.8 Å². The van der Waals surface area contributed by atoms with Gasteiger partial charge in [-0.2, -0.15) is 0 Å². The fraction of sp³-hybridized carbons (Fsp3) is 0.375. The van der Waals surface area contributed by atoms with Crippen LogP contribution in [0.4, 0.5) is 4.39 Å². The number of hydrogen-bond donors (Lipinski definition) is 1. The SMILES string of the molecule is Cc1cc(C(=O)NCCF)cs1. The van der Waals surface area contributed by atoms with E-state index in [4.69, 9.17) is 0 Å². The first-order chi connectivity index (χ1) is 5.74. The van der Waals surface area contributed by atoms with E-state index in [1.807, 2.05) is 6.92 Å². The third-order valence-corrected chi connectivity index (χ3v) is 2.23. The maximum absolute atomic E-state index is 11.7. The highest BCUT2D eigenvalue weighted by Gasteiger charge is 2.05. The Labute approximate surface area is 74.4 Å². The van der Waals surface area contributed by atoms with Gasteiger partial charge in [0.15, 0.2) is 0 Å². The number of aryl methyl sites for hydroxylation is 1. The van der Waals surface area contributed by atoms with Crippen LogP contribution in [-0.4, -0.2) is 19.1 Å². The molecule has 0 aliphatic carbocycles. The van der Waals surface area contributed by atoms with Crippen molar-refractivity contribution in [2.24, 2.45) is 0 Å². The lowest BCUT2D eigenvalue weighted by Crippen LogP contribution is -2.24. The largest absolute Gasteiger partial charge is 0.349 e. The minimum atomic E-state index is -0.519. The molecule has 1 aromatic rings. The summed E-state index contributed by atoms with van der Waals surface area (Å²) in [5.74, 6) is -0.197. The van der Waals surface area contributed by atoms with Crippen LogP contribution in [0.5, 0.6) is 0 Å². The van der Waals surface area contributed by atoms with Crippen LogP contribution < -0.4 is 5.32 Å². The molecule has 0 unspecified atom stereocenters. The molecule has 4 heteroatoms. The number of amides is 1. The smallest absolute Gasteiger partial charge is 0.252 e. The summed E-state index contributed by atoms with van der Waals surface area (Å²) in [6.45, 7) is 1.50. The van der Waals surface area contributed by atoms with Gasteiger partial charge in [0.1, 0.15) is 6.67 Å². The zero-order valence-electron chi connectivity index (χ0n) is 6.76. The summed E-state index contributed by atoms with van der Waals surface area (Å²) in [5.41, 5.74) is 0.617. The van der Waals surface area contributed by atoms with Crippen molar-refractivity contribution in [2.45, 2.75) is 6.92 Å². The highest BCUT2D eigenvalue weighted by Crippen LogP contribution is 2.12. The van der Waals surface area contributed by atoms with Crippen molar-refractivity contribution in [3.63, 3.8) is 0 Å². The van der Waals surface area contributed by atoms with Gasteiger partial charge < -0.3 is 5.32 Å². The first-order valence-electron chi connectivity index (χ1n) is 3.63. The van der Waals surface area contributed by atoms with Crippen LogP contribution in [0.25, 0.3) is 0 Å². The van der Waals surface area contributed by atoms with Crippen LogP contribution >= 0.6 is 11.3 Å². The van der Waals surface area contributed by atoms with Gasteiger partial charge in [-0.15, -0.1) is 11.3 Å². The fourth-order valence-corrected chi connectivity index (χ4v) is 1.51. The van der Waals surface area contributed by atoms with Gasteiger partial charge in [0.25, 0.3) is 5.91 Å². The lowest BCUT2D eigenvalue weighted by Gasteiger charge is -1.98. The molecule has 66 valence electrons. The molecule has 0 saturated heterocycles. The highest BCUT2D eigenvalue weighted by molar-refractivity contribution is 7.10. The Kier molecular flexibility index (Phi) is 3.22. The molecule has 1 N–H and O–H groups in total. The van der Waals surface area contributed by atoms with Crippen molar-refractivity contribution in [2.75, 3.05) is 13.2 Å². The van der Waals surface area contributed by atoms with Crippen molar-refractivity contribution >= 4 is 17.2 Å². The Morgan fingerprint density at radius 1 is 1.75 bits per heavy atom. The lowest BCUT2D eigenvalue weighted by atomic mass is 10.3. The molecular formula is C8H10FNOS. The van der Waals surface area contributed by atoms with E-state index in [1.165, 1.54) is 11.3 Å². The first-order valence-corrected chi connectivity index (χ1v) is 4.51. The Hall–Kier alpha value is -0.900. The number of halogens is 1. The number of thiophene rings is 1. The van der Waals surface area contributed by atoms with Gasteiger partial charge in [-0.3, -0.25) is 4.79 Å². The number of carbonyl (C=O) groups is 1. The molecule has 2 nitrogen and oxygen atoms in total. The van der Waals surface area contributed by atoms with E-state index >= 15 is 0 Å². The molecule has 0 atom stereocenters. The minimum absolute atomic E-state index is 0.0910.